The molecule has 3 heteroatoms. The van der Waals surface area contributed by atoms with E-state index in [0.717, 1.165) is 39.3 Å². The molecule has 1 aliphatic heterocycles. The molecule has 0 spiro atoms. The van der Waals surface area contributed by atoms with Gasteiger partial charge in [0.1, 0.15) is 0 Å². The van der Waals surface area contributed by atoms with Gasteiger partial charge in [0.15, 0.2) is 0 Å². The molecule has 0 saturated carbocycles. The Kier molecular flexibility index (Phi) is 6.25. The molecule has 0 unspecified atom stereocenters. The molecule has 0 aromatic heterocycles. The van der Waals surface area contributed by atoms with Crippen LogP contribution in [0, 0.1) is 0 Å². The van der Waals surface area contributed by atoms with Crippen LogP contribution in [0.15, 0.2) is 36.4 Å². The van der Waals surface area contributed by atoms with Gasteiger partial charge in [0, 0.05) is 45.9 Å². The highest BCUT2D eigenvalue weighted by molar-refractivity contribution is 5.48. The van der Waals surface area contributed by atoms with E-state index in [1.807, 2.05) is 0 Å². The van der Waals surface area contributed by atoms with Crippen molar-refractivity contribution >= 4 is 6.08 Å². The highest BCUT2D eigenvalue weighted by Crippen LogP contribution is 2.09. The minimum absolute atomic E-state index is 0.615. The Balaban J connectivity index is 1.74. The molecule has 0 bridgehead atoms. The van der Waals surface area contributed by atoms with Gasteiger partial charge in [0.25, 0.3) is 0 Å². The predicted molar refractivity (Wildman–Crippen MR) is 84.8 cm³/mol. The van der Waals surface area contributed by atoms with E-state index in [1.165, 1.54) is 5.56 Å². The van der Waals surface area contributed by atoms with Crippen LogP contribution in [-0.4, -0.2) is 62.3 Å². The number of methoxy groups -OCH3 is 1. The summed E-state index contributed by atoms with van der Waals surface area (Å²) in [6.07, 6.45) is 4.48. The average molecular weight is 274 g/mol. The molecule has 1 aromatic rings. The smallest absolute Gasteiger partial charge is 0.0589 e. The van der Waals surface area contributed by atoms with Gasteiger partial charge in [-0.3, -0.25) is 9.80 Å². The molecular formula is C17H26N2O. The monoisotopic (exact) mass is 274 g/mol. The summed E-state index contributed by atoms with van der Waals surface area (Å²) in [5, 5.41) is 0. The largest absolute Gasteiger partial charge is 0.383 e. The van der Waals surface area contributed by atoms with Crippen molar-refractivity contribution in [3.8, 4) is 0 Å². The molecule has 110 valence electrons. The van der Waals surface area contributed by atoms with Crippen molar-refractivity contribution in [3.63, 3.8) is 0 Å². The van der Waals surface area contributed by atoms with Crippen LogP contribution >= 0.6 is 0 Å². The summed E-state index contributed by atoms with van der Waals surface area (Å²) in [6.45, 7) is 8.66. The third-order valence-corrected chi connectivity index (χ3v) is 3.91. The Labute approximate surface area is 122 Å². The van der Waals surface area contributed by atoms with Crippen molar-refractivity contribution in [3.05, 3.63) is 42.0 Å². The van der Waals surface area contributed by atoms with Gasteiger partial charge in [-0.15, -0.1) is 0 Å². The first-order chi connectivity index (χ1) is 9.79. The Morgan fingerprint density at radius 2 is 2.05 bits per heavy atom. The van der Waals surface area contributed by atoms with E-state index < -0.39 is 0 Å². The second-order valence-electron chi connectivity index (χ2n) is 5.45. The lowest BCUT2D eigenvalue weighted by atomic mass is 10.2. The SMILES string of the molecule is COCCN1CCN(C/C=C\c2ccccc2)C[C@H]1C. The average Bonchev–Trinajstić information content (AvgIpc) is 2.47. The lowest BCUT2D eigenvalue weighted by Gasteiger charge is -2.39. The van der Waals surface area contributed by atoms with E-state index in [-0.39, 0.29) is 0 Å². The fraction of sp³-hybridized carbons (Fsp3) is 0.529. The Morgan fingerprint density at radius 3 is 2.75 bits per heavy atom. The van der Waals surface area contributed by atoms with Crippen LogP contribution in [0.25, 0.3) is 6.08 Å². The molecule has 20 heavy (non-hydrogen) atoms. The van der Waals surface area contributed by atoms with E-state index in [9.17, 15) is 0 Å². The van der Waals surface area contributed by atoms with Crippen LogP contribution in [0.3, 0.4) is 0 Å². The fourth-order valence-electron chi connectivity index (χ4n) is 2.68. The van der Waals surface area contributed by atoms with Gasteiger partial charge in [-0.05, 0) is 12.5 Å². The minimum Gasteiger partial charge on any atom is -0.383 e. The highest BCUT2D eigenvalue weighted by atomic mass is 16.5. The zero-order valence-electron chi connectivity index (χ0n) is 12.7. The Hall–Kier alpha value is -1.16. The molecule has 0 radical (unpaired) electrons. The number of nitrogens with zero attached hydrogens (tertiary/aromatic N) is 2. The molecule has 2 rings (SSSR count). The Bertz CT molecular complexity index is 405. The molecule has 1 heterocycles. The summed E-state index contributed by atoms with van der Waals surface area (Å²) in [5.41, 5.74) is 1.28. The third-order valence-electron chi connectivity index (χ3n) is 3.91. The van der Waals surface area contributed by atoms with Gasteiger partial charge >= 0.3 is 0 Å². The van der Waals surface area contributed by atoms with Crippen LogP contribution in [0.2, 0.25) is 0 Å². The molecule has 0 aliphatic carbocycles. The van der Waals surface area contributed by atoms with Crippen LogP contribution < -0.4 is 0 Å². The van der Waals surface area contributed by atoms with Gasteiger partial charge < -0.3 is 4.74 Å². The normalized spacial score (nSPS) is 21.6. The van der Waals surface area contributed by atoms with Crippen LogP contribution in [-0.2, 0) is 4.74 Å². The van der Waals surface area contributed by atoms with E-state index >= 15 is 0 Å². The van der Waals surface area contributed by atoms with Crippen LogP contribution in [0.4, 0.5) is 0 Å². The molecule has 1 atom stereocenters. The van der Waals surface area contributed by atoms with Crippen molar-refractivity contribution in [1.29, 1.82) is 0 Å². The minimum atomic E-state index is 0.615. The maximum absolute atomic E-state index is 5.17. The molecule has 3 nitrogen and oxygen atoms in total. The number of rotatable bonds is 6. The quantitative estimate of drug-likeness (QED) is 0.792. The standard InChI is InChI=1S/C17H26N2O/c1-16-15-18(11-12-19(16)13-14-20-2)10-6-9-17-7-4-3-5-8-17/h3-9,16H,10-15H2,1-2H3/b9-6-/t16-/m1/s1. The molecule has 1 saturated heterocycles. The zero-order valence-corrected chi connectivity index (χ0v) is 12.7. The van der Waals surface area contributed by atoms with Crippen LogP contribution in [0.1, 0.15) is 12.5 Å². The number of hydrogen-bond donors (Lipinski definition) is 0. The summed E-state index contributed by atoms with van der Waals surface area (Å²) in [5.74, 6) is 0. The predicted octanol–water partition coefficient (Wildman–Crippen LogP) is 2.35. The van der Waals surface area contributed by atoms with E-state index in [4.69, 9.17) is 4.74 Å². The molecule has 1 aliphatic rings. The first-order valence-electron chi connectivity index (χ1n) is 7.46. The second-order valence-corrected chi connectivity index (χ2v) is 5.45. The third kappa shape index (κ3) is 4.75. The van der Waals surface area contributed by atoms with Gasteiger partial charge in [-0.2, -0.15) is 0 Å². The van der Waals surface area contributed by atoms with Crippen molar-refractivity contribution in [1.82, 2.24) is 9.80 Å². The van der Waals surface area contributed by atoms with Crippen molar-refractivity contribution < 1.29 is 4.74 Å². The summed E-state index contributed by atoms with van der Waals surface area (Å²) < 4.78 is 5.17. The van der Waals surface area contributed by atoms with Gasteiger partial charge in [0.05, 0.1) is 6.61 Å². The first-order valence-corrected chi connectivity index (χ1v) is 7.46. The van der Waals surface area contributed by atoms with Gasteiger partial charge in [-0.1, -0.05) is 42.5 Å². The van der Waals surface area contributed by atoms with E-state index in [0.29, 0.717) is 6.04 Å². The van der Waals surface area contributed by atoms with Crippen LogP contribution in [0.5, 0.6) is 0 Å². The lowest BCUT2D eigenvalue weighted by Crippen LogP contribution is -2.52. The fourth-order valence-corrected chi connectivity index (χ4v) is 2.68. The topological polar surface area (TPSA) is 15.7 Å². The maximum Gasteiger partial charge on any atom is 0.0589 e. The summed E-state index contributed by atoms with van der Waals surface area (Å²) in [6, 6.07) is 11.1. The van der Waals surface area contributed by atoms with Gasteiger partial charge in [-0.25, -0.2) is 0 Å². The second kappa shape index (κ2) is 8.20. The molecule has 0 amide bonds. The summed E-state index contributed by atoms with van der Waals surface area (Å²) >= 11 is 0. The van der Waals surface area contributed by atoms with Crippen molar-refractivity contribution in [2.75, 3.05) is 46.4 Å². The molecule has 0 N–H and O–H groups in total. The summed E-state index contributed by atoms with van der Waals surface area (Å²) in [7, 11) is 1.77. The summed E-state index contributed by atoms with van der Waals surface area (Å²) in [4.78, 5) is 5.04. The Morgan fingerprint density at radius 1 is 1.25 bits per heavy atom. The van der Waals surface area contributed by atoms with E-state index in [1.54, 1.807) is 7.11 Å². The number of ether oxygens (including phenoxy) is 1. The van der Waals surface area contributed by atoms with Gasteiger partial charge in [0.2, 0.25) is 0 Å². The van der Waals surface area contributed by atoms with E-state index in [2.05, 4.69) is 59.2 Å². The zero-order chi connectivity index (χ0) is 14.2. The maximum atomic E-state index is 5.17. The molecule has 1 fully saturated rings. The highest BCUT2D eigenvalue weighted by Gasteiger charge is 2.22. The number of piperazine rings is 1. The number of benzene rings is 1. The number of hydrogen-bond acceptors (Lipinski definition) is 3. The first kappa shape index (κ1) is 15.2. The molecular weight excluding hydrogens is 248 g/mol. The lowest BCUT2D eigenvalue weighted by molar-refractivity contribution is 0.0642. The van der Waals surface area contributed by atoms with Crippen molar-refractivity contribution in [2.45, 2.75) is 13.0 Å². The van der Waals surface area contributed by atoms with Crippen molar-refractivity contribution in [2.24, 2.45) is 0 Å². The molecule has 1 aromatic carbocycles.